The van der Waals surface area contributed by atoms with Gasteiger partial charge in [-0.15, -0.1) is 0 Å². The lowest BCUT2D eigenvalue weighted by molar-refractivity contribution is -0.145. The summed E-state index contributed by atoms with van der Waals surface area (Å²) in [4.78, 5) is 80.5. The molecule has 2 aliphatic heterocycles. The molecule has 2 aromatic carbocycles. The summed E-state index contributed by atoms with van der Waals surface area (Å²) >= 11 is 0. The Morgan fingerprint density at radius 2 is 1.73 bits per heavy atom. The summed E-state index contributed by atoms with van der Waals surface area (Å²) in [6.07, 6.45) is 1.04. The fourth-order valence-corrected chi connectivity index (χ4v) is 6.72. The van der Waals surface area contributed by atoms with E-state index in [1.807, 2.05) is 44.2 Å². The zero-order valence-electron chi connectivity index (χ0n) is 28.0. The smallest absolute Gasteiger partial charge is 0.326 e. The van der Waals surface area contributed by atoms with Gasteiger partial charge in [0.05, 0.1) is 11.9 Å². The number of aliphatic carboxylic acids is 1. The predicted octanol–water partition coefficient (Wildman–Crippen LogP) is 1.27. The summed E-state index contributed by atoms with van der Waals surface area (Å²) in [5.74, 6) is -3.75. The fraction of sp³-hybridized carbons (Fsp3) is 0.457. The van der Waals surface area contributed by atoms with Crippen LogP contribution in [0.1, 0.15) is 65.7 Å². The fourth-order valence-electron chi connectivity index (χ4n) is 6.72. The molecule has 0 saturated carbocycles. The van der Waals surface area contributed by atoms with Gasteiger partial charge in [0.2, 0.25) is 23.6 Å². The van der Waals surface area contributed by atoms with Crippen molar-refractivity contribution in [2.45, 2.75) is 83.0 Å². The van der Waals surface area contributed by atoms with E-state index in [0.29, 0.717) is 24.8 Å². The summed E-state index contributed by atoms with van der Waals surface area (Å²) in [5.41, 5.74) is 3.76. The Kier molecular flexibility index (Phi) is 10.9. The average molecular weight is 674 g/mol. The molecule has 14 heteroatoms. The van der Waals surface area contributed by atoms with Crippen molar-refractivity contribution in [1.29, 1.82) is 0 Å². The number of aryl methyl sites for hydroxylation is 3. The number of carboxylic acid groups (broad SMARTS) is 1. The quantitative estimate of drug-likeness (QED) is 0.258. The third-order valence-electron chi connectivity index (χ3n) is 8.99. The van der Waals surface area contributed by atoms with Crippen molar-refractivity contribution in [3.63, 3.8) is 0 Å². The van der Waals surface area contributed by atoms with E-state index in [0.717, 1.165) is 22.2 Å². The molecule has 2 saturated heterocycles. The monoisotopic (exact) mass is 673 g/mol. The van der Waals surface area contributed by atoms with Gasteiger partial charge in [0.15, 0.2) is 5.69 Å². The summed E-state index contributed by atoms with van der Waals surface area (Å²) in [7, 11) is 1.73. The largest absolute Gasteiger partial charge is 0.480 e. The van der Waals surface area contributed by atoms with E-state index in [1.54, 1.807) is 23.9 Å². The Balaban J connectivity index is 1.41. The highest BCUT2D eigenvalue weighted by Gasteiger charge is 2.43. The van der Waals surface area contributed by atoms with Gasteiger partial charge in [-0.1, -0.05) is 47.5 Å². The molecule has 5 rings (SSSR count). The van der Waals surface area contributed by atoms with Crippen LogP contribution in [0.15, 0.2) is 42.5 Å². The molecule has 5 N–H and O–H groups in total. The van der Waals surface area contributed by atoms with Gasteiger partial charge in [-0.3, -0.25) is 28.7 Å². The van der Waals surface area contributed by atoms with Gasteiger partial charge in [-0.25, -0.2) is 4.79 Å². The average Bonchev–Trinajstić information content (AvgIpc) is 3.62. The van der Waals surface area contributed by atoms with Crippen LogP contribution in [0.3, 0.4) is 0 Å². The molecule has 260 valence electrons. The molecule has 2 fully saturated rings. The lowest BCUT2D eigenvalue weighted by atomic mass is 10.0. The number of aromatic nitrogens is 2. The lowest BCUT2D eigenvalue weighted by Crippen LogP contribution is -2.55. The standard InChI is InChI=1S/C35H43N7O7/c1-20-14-21(2)16-22(15-20)17-30(44)38-25-9-6-7-13-36-29(43)12-11-26(35(48)49)39-32(45)28-18-23(19-42(28)34(25)47)37-33(46)31-24-8-4-5-10-27(24)41(3)40-31/h4-5,8,10,14-16,23,25-26,28H,6-7,9,11-13,17-19H2,1-3H3,(H,36,43)(H,37,46)(H,38,44)(H,39,45)(H,48,49)/t23-,25+,26+,28+/m1/s1. The van der Waals surface area contributed by atoms with E-state index >= 15 is 0 Å². The molecule has 3 aromatic rings. The first kappa shape index (κ1) is 35.0. The highest BCUT2D eigenvalue weighted by Crippen LogP contribution is 2.24. The minimum atomic E-state index is -1.37. The minimum Gasteiger partial charge on any atom is -0.480 e. The third-order valence-corrected chi connectivity index (χ3v) is 8.99. The predicted molar refractivity (Wildman–Crippen MR) is 179 cm³/mol. The van der Waals surface area contributed by atoms with Gasteiger partial charge in [0, 0.05) is 38.0 Å². The van der Waals surface area contributed by atoms with E-state index in [1.165, 1.54) is 4.90 Å². The molecular formula is C35H43N7O7. The molecule has 14 nitrogen and oxygen atoms in total. The summed E-state index contributed by atoms with van der Waals surface area (Å²) in [6.45, 7) is 4.14. The van der Waals surface area contributed by atoms with Gasteiger partial charge in [0.25, 0.3) is 5.91 Å². The van der Waals surface area contributed by atoms with Gasteiger partial charge in [-0.05, 0) is 57.6 Å². The van der Waals surface area contributed by atoms with E-state index in [4.69, 9.17) is 0 Å². The number of benzene rings is 2. The molecular weight excluding hydrogens is 630 g/mol. The van der Waals surface area contributed by atoms with E-state index in [2.05, 4.69) is 26.4 Å². The number of carbonyl (C=O) groups is 6. The van der Waals surface area contributed by atoms with Crippen LogP contribution < -0.4 is 21.3 Å². The van der Waals surface area contributed by atoms with Gasteiger partial charge >= 0.3 is 5.97 Å². The van der Waals surface area contributed by atoms with Crippen molar-refractivity contribution in [3.8, 4) is 0 Å². The number of hydrogen-bond acceptors (Lipinski definition) is 7. The van der Waals surface area contributed by atoms with Crippen LogP contribution in [0, 0.1) is 13.8 Å². The zero-order chi connectivity index (χ0) is 35.2. The number of hydrogen-bond donors (Lipinski definition) is 5. The van der Waals surface area contributed by atoms with Crippen molar-refractivity contribution >= 4 is 46.4 Å². The van der Waals surface area contributed by atoms with Gasteiger partial charge < -0.3 is 31.3 Å². The minimum absolute atomic E-state index is 0.00411. The van der Waals surface area contributed by atoms with Crippen LogP contribution >= 0.6 is 0 Å². The maximum Gasteiger partial charge on any atom is 0.326 e. The first-order valence-electron chi connectivity index (χ1n) is 16.6. The summed E-state index contributed by atoms with van der Waals surface area (Å²) in [6, 6.07) is 8.89. The second-order valence-corrected chi connectivity index (χ2v) is 13.0. The second kappa shape index (κ2) is 15.3. The van der Waals surface area contributed by atoms with Crippen LogP contribution in [-0.4, -0.2) is 92.5 Å². The second-order valence-electron chi connectivity index (χ2n) is 13.0. The lowest BCUT2D eigenvalue weighted by Gasteiger charge is -2.29. The molecule has 4 atom stereocenters. The van der Waals surface area contributed by atoms with Crippen LogP contribution in [0.4, 0.5) is 0 Å². The Hall–Kier alpha value is -5.27. The van der Waals surface area contributed by atoms with Crippen LogP contribution in [0.25, 0.3) is 10.9 Å². The highest BCUT2D eigenvalue weighted by atomic mass is 16.4. The zero-order valence-corrected chi connectivity index (χ0v) is 28.0. The van der Waals surface area contributed by atoms with E-state index in [-0.39, 0.29) is 56.2 Å². The Morgan fingerprint density at radius 3 is 2.47 bits per heavy atom. The molecule has 0 bridgehead atoms. The highest BCUT2D eigenvalue weighted by molar-refractivity contribution is 6.05. The summed E-state index contributed by atoms with van der Waals surface area (Å²) in [5, 5.41) is 25.9. The molecule has 2 aliphatic rings. The van der Waals surface area contributed by atoms with Gasteiger partial charge in [-0.2, -0.15) is 5.10 Å². The number of fused-ring (bicyclic) bond motifs is 2. The van der Waals surface area contributed by atoms with E-state index in [9.17, 15) is 33.9 Å². The molecule has 0 unspecified atom stereocenters. The molecule has 0 aliphatic carbocycles. The molecule has 0 spiro atoms. The number of carboxylic acids is 1. The maximum absolute atomic E-state index is 14.3. The number of para-hydroxylation sites is 1. The molecule has 49 heavy (non-hydrogen) atoms. The van der Waals surface area contributed by atoms with Crippen LogP contribution in [0.2, 0.25) is 0 Å². The Bertz CT molecular complexity index is 1750. The maximum atomic E-state index is 14.3. The van der Waals surface area contributed by atoms with Crippen molar-refractivity contribution in [1.82, 2.24) is 35.9 Å². The topological polar surface area (TPSA) is 192 Å². The first-order valence-corrected chi connectivity index (χ1v) is 16.6. The normalized spacial score (nSPS) is 22.3. The van der Waals surface area contributed by atoms with Crippen molar-refractivity contribution in [2.24, 2.45) is 7.05 Å². The first-order chi connectivity index (χ1) is 23.4. The number of rotatable bonds is 6. The molecule has 0 radical (unpaired) electrons. The van der Waals surface area contributed by atoms with Crippen LogP contribution in [-0.2, 0) is 37.4 Å². The summed E-state index contributed by atoms with van der Waals surface area (Å²) < 4.78 is 1.59. The van der Waals surface area contributed by atoms with Crippen molar-refractivity contribution in [2.75, 3.05) is 13.1 Å². The number of carbonyl (C=O) groups excluding carboxylic acids is 5. The van der Waals surface area contributed by atoms with Gasteiger partial charge in [0.1, 0.15) is 18.1 Å². The van der Waals surface area contributed by atoms with Crippen molar-refractivity contribution < 1.29 is 33.9 Å². The van der Waals surface area contributed by atoms with E-state index < -0.39 is 47.9 Å². The Morgan fingerprint density at radius 1 is 1.00 bits per heavy atom. The SMILES string of the molecule is Cc1cc(C)cc(CC(=O)N[C@H]2CCCCNC(=O)CC[C@@H](C(=O)O)NC(=O)[C@@H]3C[C@@H](NC(=O)c4nn(C)c5ccccc45)CN3C2=O)c1. The number of nitrogens with one attached hydrogen (secondary N) is 4. The van der Waals surface area contributed by atoms with Crippen LogP contribution in [0.5, 0.6) is 0 Å². The molecule has 1 aromatic heterocycles. The Labute approximate surface area is 284 Å². The number of amides is 5. The molecule has 3 heterocycles. The molecule has 5 amide bonds. The number of nitrogens with zero attached hydrogens (tertiary/aromatic N) is 3. The third kappa shape index (κ3) is 8.61. The van der Waals surface area contributed by atoms with Crippen molar-refractivity contribution in [3.05, 3.63) is 64.8 Å².